The van der Waals surface area contributed by atoms with E-state index in [2.05, 4.69) is 15.8 Å². The number of hydrogen-bond donors (Lipinski definition) is 2. The van der Waals surface area contributed by atoms with Crippen molar-refractivity contribution in [1.82, 2.24) is 15.4 Å². The molecule has 0 bridgehead atoms. The molecule has 1 aliphatic rings. The Balaban J connectivity index is 1.99. The summed E-state index contributed by atoms with van der Waals surface area (Å²) in [4.78, 5) is 14.6. The van der Waals surface area contributed by atoms with E-state index in [4.69, 9.17) is 16.7 Å². The molecule has 1 aromatic carbocycles. The zero-order valence-corrected chi connectivity index (χ0v) is 14.8. The SMILES string of the molecule is CC1=C(C(=O)Nc2cc(C)on2)C(c2ccc(F)cc2)NC(=S)N1C. The highest BCUT2D eigenvalue weighted by molar-refractivity contribution is 7.80. The van der Waals surface area contributed by atoms with Crippen LogP contribution in [0.25, 0.3) is 0 Å². The van der Waals surface area contributed by atoms with Crippen LogP contribution in [0.15, 0.2) is 46.1 Å². The van der Waals surface area contributed by atoms with Gasteiger partial charge < -0.3 is 20.1 Å². The van der Waals surface area contributed by atoms with Gasteiger partial charge >= 0.3 is 0 Å². The molecule has 1 aliphatic heterocycles. The summed E-state index contributed by atoms with van der Waals surface area (Å²) >= 11 is 5.33. The van der Waals surface area contributed by atoms with Gasteiger partial charge in [0.05, 0.1) is 11.6 Å². The van der Waals surface area contributed by atoms with Gasteiger partial charge in [-0.25, -0.2) is 4.39 Å². The summed E-state index contributed by atoms with van der Waals surface area (Å²) in [5.74, 6) is 0.249. The Bertz CT molecular complexity index is 860. The lowest BCUT2D eigenvalue weighted by atomic mass is 9.94. The van der Waals surface area contributed by atoms with E-state index in [-0.39, 0.29) is 11.7 Å². The van der Waals surface area contributed by atoms with Gasteiger partial charge in [0.15, 0.2) is 10.9 Å². The van der Waals surface area contributed by atoms with Gasteiger partial charge in [0.2, 0.25) is 0 Å². The van der Waals surface area contributed by atoms with Crippen molar-refractivity contribution in [3.8, 4) is 0 Å². The fourth-order valence-corrected chi connectivity index (χ4v) is 2.90. The van der Waals surface area contributed by atoms with E-state index in [1.807, 2.05) is 6.92 Å². The second kappa shape index (κ2) is 6.64. The number of hydrogen-bond acceptors (Lipinski definition) is 4. The van der Waals surface area contributed by atoms with Gasteiger partial charge in [-0.2, -0.15) is 0 Å². The van der Waals surface area contributed by atoms with Crippen LogP contribution >= 0.6 is 12.2 Å². The number of carbonyl (C=O) groups is 1. The Morgan fingerprint density at radius 1 is 1.36 bits per heavy atom. The molecular formula is C17H17FN4O2S. The van der Waals surface area contributed by atoms with Gasteiger partial charge in [0.25, 0.3) is 5.91 Å². The van der Waals surface area contributed by atoms with Crippen LogP contribution < -0.4 is 10.6 Å². The Morgan fingerprint density at radius 2 is 2.04 bits per heavy atom. The predicted octanol–water partition coefficient (Wildman–Crippen LogP) is 2.90. The maximum absolute atomic E-state index is 13.3. The number of nitrogens with one attached hydrogen (secondary N) is 2. The minimum absolute atomic E-state index is 0.330. The third-order valence-electron chi connectivity index (χ3n) is 4.07. The van der Waals surface area contributed by atoms with Crippen LogP contribution in [0, 0.1) is 12.7 Å². The van der Waals surface area contributed by atoms with Crippen molar-refractivity contribution in [2.75, 3.05) is 12.4 Å². The van der Waals surface area contributed by atoms with E-state index in [0.717, 1.165) is 5.56 Å². The molecule has 8 heteroatoms. The van der Waals surface area contributed by atoms with Crippen molar-refractivity contribution < 1.29 is 13.7 Å². The molecule has 1 atom stereocenters. The van der Waals surface area contributed by atoms with Crippen molar-refractivity contribution in [2.24, 2.45) is 0 Å². The largest absolute Gasteiger partial charge is 0.360 e. The number of rotatable bonds is 3. The quantitative estimate of drug-likeness (QED) is 0.821. The molecule has 6 nitrogen and oxygen atoms in total. The number of carbonyl (C=O) groups excluding carboxylic acids is 1. The molecule has 1 amide bonds. The van der Waals surface area contributed by atoms with Crippen LogP contribution in [0.4, 0.5) is 10.2 Å². The number of aryl methyl sites for hydroxylation is 1. The van der Waals surface area contributed by atoms with Gasteiger partial charge in [0.1, 0.15) is 11.6 Å². The standard InChI is InChI=1S/C17H17FN4O2S/c1-9-8-13(21-24-9)19-16(23)14-10(2)22(3)17(25)20-15(14)11-4-6-12(18)7-5-11/h4-8,15H,1-3H3,(H,20,25)(H,19,21,23). The molecule has 0 saturated carbocycles. The summed E-state index contributed by atoms with van der Waals surface area (Å²) in [6.07, 6.45) is 0. The first-order valence-electron chi connectivity index (χ1n) is 7.62. The maximum Gasteiger partial charge on any atom is 0.257 e. The van der Waals surface area contributed by atoms with Crippen molar-refractivity contribution in [2.45, 2.75) is 19.9 Å². The van der Waals surface area contributed by atoms with Crippen LogP contribution in [0.5, 0.6) is 0 Å². The number of amides is 1. The molecule has 0 aliphatic carbocycles. The second-order valence-corrected chi connectivity index (χ2v) is 6.16. The Kier molecular flexibility index (Phi) is 4.54. The predicted molar refractivity (Wildman–Crippen MR) is 95.2 cm³/mol. The molecule has 1 unspecified atom stereocenters. The first-order chi connectivity index (χ1) is 11.9. The van der Waals surface area contributed by atoms with E-state index in [1.54, 1.807) is 37.1 Å². The van der Waals surface area contributed by atoms with Crippen molar-refractivity contribution >= 4 is 29.1 Å². The average molecular weight is 360 g/mol. The van der Waals surface area contributed by atoms with Gasteiger partial charge in [-0.15, -0.1) is 0 Å². The summed E-state index contributed by atoms with van der Waals surface area (Å²) < 4.78 is 18.2. The van der Waals surface area contributed by atoms with Crippen LogP contribution in [-0.2, 0) is 4.79 Å². The Morgan fingerprint density at radius 3 is 2.64 bits per heavy atom. The van der Waals surface area contributed by atoms with Crippen LogP contribution in [0.1, 0.15) is 24.3 Å². The van der Waals surface area contributed by atoms with Crippen LogP contribution in [-0.4, -0.2) is 28.1 Å². The number of thiocarbonyl (C=S) groups is 1. The molecule has 0 saturated heterocycles. The second-order valence-electron chi connectivity index (χ2n) is 5.77. The van der Waals surface area contributed by atoms with E-state index in [0.29, 0.717) is 28.0 Å². The van der Waals surface area contributed by atoms with Crippen LogP contribution in [0.3, 0.4) is 0 Å². The smallest absolute Gasteiger partial charge is 0.257 e. The number of benzene rings is 1. The number of halogens is 1. The Labute approximate surface area is 149 Å². The highest BCUT2D eigenvalue weighted by Gasteiger charge is 2.32. The lowest BCUT2D eigenvalue weighted by Crippen LogP contribution is -2.46. The highest BCUT2D eigenvalue weighted by Crippen LogP contribution is 2.30. The summed E-state index contributed by atoms with van der Waals surface area (Å²) in [7, 11) is 1.78. The van der Waals surface area contributed by atoms with E-state index in [9.17, 15) is 9.18 Å². The molecule has 2 N–H and O–H groups in total. The fourth-order valence-electron chi connectivity index (χ4n) is 2.64. The molecule has 25 heavy (non-hydrogen) atoms. The molecule has 1 aromatic heterocycles. The van der Waals surface area contributed by atoms with Crippen molar-refractivity contribution in [3.05, 3.63) is 58.7 Å². The van der Waals surface area contributed by atoms with Crippen molar-refractivity contribution in [3.63, 3.8) is 0 Å². The molecule has 3 rings (SSSR count). The number of anilines is 1. The van der Waals surface area contributed by atoms with Crippen LogP contribution in [0.2, 0.25) is 0 Å². The molecule has 0 spiro atoms. The van der Waals surface area contributed by atoms with Gasteiger partial charge in [0, 0.05) is 18.8 Å². The molecular weight excluding hydrogens is 343 g/mol. The first-order valence-corrected chi connectivity index (χ1v) is 8.02. The summed E-state index contributed by atoms with van der Waals surface area (Å²) in [5, 5.41) is 10.1. The normalized spacial score (nSPS) is 17.5. The Hall–Kier alpha value is -2.74. The highest BCUT2D eigenvalue weighted by atomic mass is 32.1. The number of aromatic nitrogens is 1. The van der Waals surface area contributed by atoms with Gasteiger partial charge in [-0.1, -0.05) is 17.3 Å². The third kappa shape index (κ3) is 3.39. The maximum atomic E-state index is 13.3. The lowest BCUT2D eigenvalue weighted by molar-refractivity contribution is -0.113. The van der Waals surface area contributed by atoms with E-state index >= 15 is 0 Å². The first kappa shape index (κ1) is 17.1. The lowest BCUT2D eigenvalue weighted by Gasteiger charge is -2.35. The van der Waals surface area contributed by atoms with E-state index < -0.39 is 6.04 Å². The summed E-state index contributed by atoms with van der Waals surface area (Å²) in [6.45, 7) is 3.55. The monoisotopic (exact) mass is 360 g/mol. The van der Waals surface area contributed by atoms with E-state index in [1.165, 1.54) is 12.1 Å². The number of allylic oxidation sites excluding steroid dienone is 1. The minimum atomic E-state index is -0.489. The van der Waals surface area contributed by atoms with Gasteiger partial charge in [-0.3, -0.25) is 4.79 Å². The molecule has 130 valence electrons. The molecule has 2 heterocycles. The zero-order valence-electron chi connectivity index (χ0n) is 14.0. The molecule has 0 fully saturated rings. The summed E-state index contributed by atoms with van der Waals surface area (Å²) in [5.41, 5.74) is 1.91. The minimum Gasteiger partial charge on any atom is -0.360 e. The molecule has 0 radical (unpaired) electrons. The average Bonchev–Trinajstić information content (AvgIpc) is 2.97. The topological polar surface area (TPSA) is 70.4 Å². The fraction of sp³-hybridized carbons (Fsp3) is 0.235. The third-order valence-corrected chi connectivity index (χ3v) is 4.46. The zero-order chi connectivity index (χ0) is 18.1. The number of nitrogens with zero attached hydrogens (tertiary/aromatic N) is 2. The summed E-state index contributed by atoms with van der Waals surface area (Å²) in [6, 6.07) is 7.10. The molecule has 2 aromatic rings. The van der Waals surface area contributed by atoms with Crippen molar-refractivity contribution in [1.29, 1.82) is 0 Å². The van der Waals surface area contributed by atoms with Gasteiger partial charge in [-0.05, 0) is 43.8 Å².